The number of aliphatic hydroxyl groups excluding tert-OH is 1. The molecule has 1 heterocycles. The summed E-state index contributed by atoms with van der Waals surface area (Å²) in [4.78, 5) is 0. The van der Waals surface area contributed by atoms with E-state index in [4.69, 9.17) is 10.5 Å². The van der Waals surface area contributed by atoms with Crippen molar-refractivity contribution in [2.45, 2.75) is 25.9 Å². The summed E-state index contributed by atoms with van der Waals surface area (Å²) in [6.45, 7) is 4.04. The van der Waals surface area contributed by atoms with Gasteiger partial charge in [0.15, 0.2) is 0 Å². The van der Waals surface area contributed by atoms with E-state index < -0.39 is 0 Å². The van der Waals surface area contributed by atoms with Gasteiger partial charge in [0.1, 0.15) is 0 Å². The van der Waals surface area contributed by atoms with E-state index in [9.17, 15) is 5.11 Å². The molecule has 0 spiro atoms. The number of hydrogen-bond acceptors (Lipinski definition) is 3. The third kappa shape index (κ3) is 1.55. The molecule has 1 atom stereocenters. The lowest BCUT2D eigenvalue weighted by Gasteiger charge is -2.44. The summed E-state index contributed by atoms with van der Waals surface area (Å²) in [5, 5.41) is 9.66. The third-order valence-electron chi connectivity index (χ3n) is 2.63. The Morgan fingerprint density at radius 3 is 2.55 bits per heavy atom. The highest BCUT2D eigenvalue weighted by Crippen LogP contribution is 2.36. The van der Waals surface area contributed by atoms with Gasteiger partial charge in [-0.1, -0.05) is 6.92 Å². The summed E-state index contributed by atoms with van der Waals surface area (Å²) in [6, 6.07) is 0. The molecule has 0 aromatic heterocycles. The van der Waals surface area contributed by atoms with Gasteiger partial charge in [-0.15, -0.1) is 0 Å². The molecule has 66 valence electrons. The summed E-state index contributed by atoms with van der Waals surface area (Å²) in [7, 11) is 0. The Kier molecular flexibility index (Phi) is 2.87. The van der Waals surface area contributed by atoms with Crippen LogP contribution in [-0.4, -0.2) is 31.0 Å². The van der Waals surface area contributed by atoms with E-state index in [1.807, 2.05) is 0 Å². The van der Waals surface area contributed by atoms with Crippen molar-refractivity contribution in [2.75, 3.05) is 19.8 Å². The van der Waals surface area contributed by atoms with Gasteiger partial charge in [0.2, 0.25) is 0 Å². The second kappa shape index (κ2) is 3.52. The molecule has 3 nitrogen and oxygen atoms in total. The van der Waals surface area contributed by atoms with Crippen molar-refractivity contribution < 1.29 is 9.84 Å². The molecule has 3 heteroatoms. The fourth-order valence-corrected chi connectivity index (χ4v) is 1.46. The summed E-state index contributed by atoms with van der Waals surface area (Å²) >= 11 is 0. The minimum Gasteiger partial charge on any atom is -0.392 e. The molecule has 0 bridgehead atoms. The molecular weight excluding hydrogens is 142 g/mol. The maximum Gasteiger partial charge on any atom is 0.0652 e. The van der Waals surface area contributed by atoms with Crippen LogP contribution in [0.5, 0.6) is 0 Å². The molecule has 1 saturated heterocycles. The van der Waals surface area contributed by atoms with E-state index in [1.165, 1.54) is 0 Å². The molecule has 1 unspecified atom stereocenters. The van der Waals surface area contributed by atoms with Crippen LogP contribution >= 0.6 is 0 Å². The van der Waals surface area contributed by atoms with Crippen molar-refractivity contribution in [3.05, 3.63) is 0 Å². The van der Waals surface area contributed by atoms with Gasteiger partial charge < -0.3 is 15.6 Å². The SMILES string of the molecule is CCC1(C(O)CCN)COC1. The average Bonchev–Trinajstić information content (AvgIpc) is 1.87. The van der Waals surface area contributed by atoms with E-state index in [-0.39, 0.29) is 11.5 Å². The molecular formula is C8H17NO2. The number of ether oxygens (including phenoxy) is 1. The standard InChI is InChI=1S/C8H17NO2/c1-2-8(5-11-6-8)7(10)3-4-9/h7,10H,2-6,9H2,1H3. The zero-order chi connectivity index (χ0) is 8.32. The van der Waals surface area contributed by atoms with Crippen LogP contribution in [0.1, 0.15) is 19.8 Å². The van der Waals surface area contributed by atoms with E-state index in [0.29, 0.717) is 26.2 Å². The molecule has 1 fully saturated rings. The highest BCUT2D eigenvalue weighted by atomic mass is 16.5. The Labute approximate surface area is 67.5 Å². The normalized spacial score (nSPS) is 24.3. The Morgan fingerprint density at radius 1 is 1.64 bits per heavy atom. The highest BCUT2D eigenvalue weighted by molar-refractivity contribution is 4.90. The van der Waals surface area contributed by atoms with Crippen molar-refractivity contribution in [2.24, 2.45) is 11.1 Å². The summed E-state index contributed by atoms with van der Waals surface area (Å²) < 4.78 is 5.10. The molecule has 1 aliphatic heterocycles. The van der Waals surface area contributed by atoms with Crippen LogP contribution < -0.4 is 5.73 Å². The topological polar surface area (TPSA) is 55.5 Å². The third-order valence-corrected chi connectivity index (χ3v) is 2.63. The first-order valence-electron chi connectivity index (χ1n) is 4.21. The van der Waals surface area contributed by atoms with E-state index >= 15 is 0 Å². The van der Waals surface area contributed by atoms with Crippen LogP contribution in [0.3, 0.4) is 0 Å². The molecule has 11 heavy (non-hydrogen) atoms. The van der Waals surface area contributed by atoms with Gasteiger partial charge in [-0.2, -0.15) is 0 Å². The van der Waals surface area contributed by atoms with Crippen molar-refractivity contribution in [3.8, 4) is 0 Å². The summed E-state index contributed by atoms with van der Waals surface area (Å²) in [5.41, 5.74) is 5.39. The summed E-state index contributed by atoms with van der Waals surface area (Å²) in [5.74, 6) is 0. The predicted octanol–water partition coefficient (Wildman–Crippen LogP) is 0.123. The second-order valence-corrected chi connectivity index (χ2v) is 3.30. The Morgan fingerprint density at radius 2 is 2.27 bits per heavy atom. The van der Waals surface area contributed by atoms with Gasteiger partial charge in [0.25, 0.3) is 0 Å². The average molecular weight is 159 g/mol. The van der Waals surface area contributed by atoms with Crippen LogP contribution in [0.25, 0.3) is 0 Å². The molecule has 1 rings (SSSR count). The van der Waals surface area contributed by atoms with Gasteiger partial charge in [-0.05, 0) is 19.4 Å². The monoisotopic (exact) mass is 159 g/mol. The lowest BCUT2D eigenvalue weighted by Crippen LogP contribution is -2.51. The predicted molar refractivity (Wildman–Crippen MR) is 43.2 cm³/mol. The number of hydrogen-bond donors (Lipinski definition) is 2. The number of aliphatic hydroxyl groups is 1. The van der Waals surface area contributed by atoms with E-state index in [1.54, 1.807) is 0 Å². The first kappa shape index (κ1) is 8.97. The van der Waals surface area contributed by atoms with Gasteiger partial charge in [0, 0.05) is 5.41 Å². The largest absolute Gasteiger partial charge is 0.392 e. The fourth-order valence-electron chi connectivity index (χ4n) is 1.46. The Bertz CT molecular complexity index is 118. The lowest BCUT2D eigenvalue weighted by molar-refractivity contribution is -0.174. The fraction of sp³-hybridized carbons (Fsp3) is 1.00. The first-order valence-corrected chi connectivity index (χ1v) is 4.21. The molecule has 0 amide bonds. The lowest BCUT2D eigenvalue weighted by atomic mass is 9.76. The van der Waals surface area contributed by atoms with Crippen molar-refractivity contribution in [1.29, 1.82) is 0 Å². The quantitative estimate of drug-likeness (QED) is 0.612. The first-order chi connectivity index (χ1) is 5.25. The van der Waals surface area contributed by atoms with E-state index in [0.717, 1.165) is 6.42 Å². The Balaban J connectivity index is 2.40. The molecule has 0 aliphatic carbocycles. The van der Waals surface area contributed by atoms with Crippen LogP contribution in [0.4, 0.5) is 0 Å². The maximum atomic E-state index is 9.66. The van der Waals surface area contributed by atoms with Crippen LogP contribution in [0.15, 0.2) is 0 Å². The van der Waals surface area contributed by atoms with Gasteiger partial charge >= 0.3 is 0 Å². The molecule has 0 radical (unpaired) electrons. The zero-order valence-electron chi connectivity index (χ0n) is 7.05. The molecule has 0 aromatic carbocycles. The van der Waals surface area contributed by atoms with Gasteiger partial charge in [-0.25, -0.2) is 0 Å². The van der Waals surface area contributed by atoms with Crippen molar-refractivity contribution in [1.82, 2.24) is 0 Å². The van der Waals surface area contributed by atoms with E-state index in [2.05, 4.69) is 6.92 Å². The number of nitrogens with two attached hydrogens (primary N) is 1. The molecule has 1 aliphatic rings. The van der Waals surface area contributed by atoms with Crippen LogP contribution in [-0.2, 0) is 4.74 Å². The minimum atomic E-state index is -0.272. The Hall–Kier alpha value is -0.120. The van der Waals surface area contributed by atoms with Crippen LogP contribution in [0.2, 0.25) is 0 Å². The van der Waals surface area contributed by atoms with Crippen molar-refractivity contribution in [3.63, 3.8) is 0 Å². The molecule has 0 saturated carbocycles. The van der Waals surface area contributed by atoms with Crippen molar-refractivity contribution >= 4 is 0 Å². The minimum absolute atomic E-state index is 0.0272. The molecule has 0 aromatic rings. The van der Waals surface area contributed by atoms with Crippen LogP contribution in [0, 0.1) is 5.41 Å². The second-order valence-electron chi connectivity index (χ2n) is 3.30. The number of rotatable bonds is 4. The smallest absolute Gasteiger partial charge is 0.0652 e. The van der Waals surface area contributed by atoms with Gasteiger partial charge in [-0.3, -0.25) is 0 Å². The zero-order valence-corrected chi connectivity index (χ0v) is 7.05. The highest BCUT2D eigenvalue weighted by Gasteiger charge is 2.42. The van der Waals surface area contributed by atoms with Gasteiger partial charge in [0.05, 0.1) is 19.3 Å². The maximum absolute atomic E-state index is 9.66. The molecule has 3 N–H and O–H groups in total. The summed E-state index contributed by atoms with van der Waals surface area (Å²) in [6.07, 6.45) is 1.40.